The highest BCUT2D eigenvalue weighted by Gasteiger charge is 2.05. The minimum absolute atomic E-state index is 0. The summed E-state index contributed by atoms with van der Waals surface area (Å²) in [6.07, 6.45) is 5.08. The fraction of sp³-hybridized carbons (Fsp3) is 0.444. The smallest absolute Gasteiger partial charge is 0.191 e. The van der Waals surface area contributed by atoms with Crippen LogP contribution in [0.5, 0.6) is 0 Å². The van der Waals surface area contributed by atoms with E-state index in [9.17, 15) is 8.42 Å². The molecular formula is C18H27IN4O2S2. The van der Waals surface area contributed by atoms with Gasteiger partial charge in [0.2, 0.25) is 0 Å². The number of aryl methyl sites for hydroxylation is 1. The lowest BCUT2D eigenvalue weighted by Crippen LogP contribution is -2.37. The van der Waals surface area contributed by atoms with Crippen molar-refractivity contribution in [2.75, 3.05) is 19.8 Å². The maximum absolute atomic E-state index is 11.3. The van der Waals surface area contributed by atoms with E-state index in [0.717, 1.165) is 41.5 Å². The third-order valence-corrected chi connectivity index (χ3v) is 5.78. The Balaban J connectivity index is 0.00000364. The van der Waals surface area contributed by atoms with Crippen molar-refractivity contribution >= 4 is 51.1 Å². The predicted molar refractivity (Wildman–Crippen MR) is 124 cm³/mol. The van der Waals surface area contributed by atoms with Crippen LogP contribution in [0.1, 0.15) is 27.9 Å². The van der Waals surface area contributed by atoms with Crippen LogP contribution in [-0.2, 0) is 35.0 Å². The molecule has 1 aromatic carbocycles. The Labute approximate surface area is 182 Å². The van der Waals surface area contributed by atoms with Crippen LogP contribution in [0.25, 0.3) is 0 Å². The molecule has 1 heterocycles. The maximum Gasteiger partial charge on any atom is 0.191 e. The number of hydrogen-bond acceptors (Lipinski definition) is 5. The summed E-state index contributed by atoms with van der Waals surface area (Å²) in [4.78, 5) is 9.94. The number of guanidine groups is 1. The molecule has 1 aromatic heterocycles. The normalized spacial score (nSPS) is 11.7. The minimum Gasteiger partial charge on any atom is -0.356 e. The number of aliphatic imine (C=N–C) groups is 1. The van der Waals surface area contributed by atoms with Gasteiger partial charge in [-0.25, -0.2) is 13.4 Å². The van der Waals surface area contributed by atoms with Gasteiger partial charge < -0.3 is 10.6 Å². The Bertz CT molecular complexity index is 833. The van der Waals surface area contributed by atoms with Crippen molar-refractivity contribution in [3.05, 3.63) is 51.5 Å². The molecule has 0 aliphatic rings. The summed E-state index contributed by atoms with van der Waals surface area (Å²) in [7, 11) is -1.26. The highest BCUT2D eigenvalue weighted by atomic mass is 127. The van der Waals surface area contributed by atoms with Crippen LogP contribution in [-0.4, -0.2) is 39.2 Å². The Morgan fingerprint density at radius 3 is 2.41 bits per heavy atom. The van der Waals surface area contributed by atoms with E-state index in [1.54, 1.807) is 18.4 Å². The summed E-state index contributed by atoms with van der Waals surface area (Å²) in [6.45, 7) is 3.52. The molecule has 0 fully saturated rings. The second-order valence-electron chi connectivity index (χ2n) is 6.06. The van der Waals surface area contributed by atoms with Gasteiger partial charge in [0, 0.05) is 43.9 Å². The van der Waals surface area contributed by atoms with Crippen molar-refractivity contribution in [1.82, 2.24) is 15.6 Å². The van der Waals surface area contributed by atoms with Gasteiger partial charge in [-0.1, -0.05) is 31.2 Å². The van der Waals surface area contributed by atoms with Crippen LogP contribution >= 0.6 is 35.3 Å². The van der Waals surface area contributed by atoms with E-state index in [0.29, 0.717) is 6.54 Å². The summed E-state index contributed by atoms with van der Waals surface area (Å²) < 4.78 is 22.6. The highest BCUT2D eigenvalue weighted by molar-refractivity contribution is 14.0. The molecule has 9 heteroatoms. The minimum atomic E-state index is -3.00. The SMILES string of the molecule is CCc1cnc(CCNC(=NC)NCc2ccc(CS(C)(=O)=O)cc2)s1.I. The third-order valence-electron chi connectivity index (χ3n) is 3.72. The quantitative estimate of drug-likeness (QED) is 0.317. The first-order valence-electron chi connectivity index (χ1n) is 8.53. The molecule has 27 heavy (non-hydrogen) atoms. The van der Waals surface area contributed by atoms with Crippen LogP contribution in [0, 0.1) is 0 Å². The van der Waals surface area contributed by atoms with Gasteiger partial charge >= 0.3 is 0 Å². The molecular weight excluding hydrogens is 495 g/mol. The van der Waals surface area contributed by atoms with Gasteiger partial charge in [-0.15, -0.1) is 35.3 Å². The average Bonchev–Trinajstić information content (AvgIpc) is 3.06. The number of nitrogens with zero attached hydrogens (tertiary/aromatic N) is 2. The van der Waals surface area contributed by atoms with E-state index in [4.69, 9.17) is 0 Å². The summed E-state index contributed by atoms with van der Waals surface area (Å²) in [6, 6.07) is 7.56. The number of hydrogen-bond donors (Lipinski definition) is 2. The molecule has 6 nitrogen and oxygen atoms in total. The molecule has 0 bridgehead atoms. The summed E-state index contributed by atoms with van der Waals surface area (Å²) in [5.74, 6) is 0.804. The van der Waals surface area contributed by atoms with Gasteiger partial charge in [-0.2, -0.15) is 0 Å². The molecule has 2 N–H and O–H groups in total. The number of nitrogens with one attached hydrogen (secondary N) is 2. The highest BCUT2D eigenvalue weighted by Crippen LogP contribution is 2.13. The van der Waals surface area contributed by atoms with Crippen LogP contribution in [0.15, 0.2) is 35.5 Å². The predicted octanol–water partition coefficient (Wildman–Crippen LogP) is 2.78. The van der Waals surface area contributed by atoms with Crippen LogP contribution < -0.4 is 10.6 Å². The van der Waals surface area contributed by atoms with Gasteiger partial charge in [0.25, 0.3) is 0 Å². The van der Waals surface area contributed by atoms with Gasteiger partial charge in [0.05, 0.1) is 10.8 Å². The Morgan fingerprint density at radius 2 is 1.85 bits per heavy atom. The average molecular weight is 522 g/mol. The second-order valence-corrected chi connectivity index (χ2v) is 9.40. The van der Waals surface area contributed by atoms with Crippen LogP contribution in [0.3, 0.4) is 0 Å². The molecule has 0 unspecified atom stereocenters. The lowest BCUT2D eigenvalue weighted by molar-refractivity contribution is 0.601. The molecule has 150 valence electrons. The molecule has 0 saturated carbocycles. The number of sulfone groups is 1. The fourth-order valence-electron chi connectivity index (χ4n) is 2.38. The molecule has 0 spiro atoms. The third kappa shape index (κ3) is 9.02. The van der Waals surface area contributed by atoms with Gasteiger partial charge in [-0.05, 0) is 17.5 Å². The molecule has 0 saturated heterocycles. The topological polar surface area (TPSA) is 83.4 Å². The van der Waals surface area contributed by atoms with E-state index in [1.807, 2.05) is 30.5 Å². The van der Waals surface area contributed by atoms with Crippen molar-refractivity contribution in [3.63, 3.8) is 0 Å². The number of benzene rings is 1. The molecule has 0 atom stereocenters. The van der Waals surface area contributed by atoms with Crippen molar-refractivity contribution in [2.45, 2.75) is 32.1 Å². The maximum atomic E-state index is 11.3. The van der Waals surface area contributed by atoms with Crippen LogP contribution in [0.4, 0.5) is 0 Å². The molecule has 0 aliphatic carbocycles. The molecule has 2 rings (SSSR count). The van der Waals surface area contributed by atoms with Crippen molar-refractivity contribution in [2.24, 2.45) is 4.99 Å². The van der Waals surface area contributed by atoms with Crippen molar-refractivity contribution in [3.8, 4) is 0 Å². The Kier molecular flexibility index (Phi) is 10.2. The van der Waals surface area contributed by atoms with E-state index in [-0.39, 0.29) is 29.7 Å². The van der Waals surface area contributed by atoms with Crippen LogP contribution in [0.2, 0.25) is 0 Å². The first-order valence-corrected chi connectivity index (χ1v) is 11.4. The summed E-state index contributed by atoms with van der Waals surface area (Å²) >= 11 is 1.75. The zero-order valence-corrected chi connectivity index (χ0v) is 19.8. The van der Waals surface area contributed by atoms with E-state index >= 15 is 0 Å². The number of halogens is 1. The van der Waals surface area contributed by atoms with Crippen molar-refractivity contribution < 1.29 is 8.42 Å². The largest absolute Gasteiger partial charge is 0.356 e. The lowest BCUT2D eigenvalue weighted by atomic mass is 10.1. The zero-order valence-electron chi connectivity index (χ0n) is 15.9. The molecule has 0 amide bonds. The van der Waals surface area contributed by atoms with E-state index in [2.05, 4.69) is 27.5 Å². The Hall–Kier alpha value is -1.20. The number of aromatic nitrogens is 1. The number of thiazole rings is 1. The standard InChI is InChI=1S/C18H26N4O2S2.HI/c1-4-16-12-21-17(25-16)9-10-20-18(19-2)22-11-14-5-7-15(8-6-14)13-26(3,23)24;/h5-8,12H,4,9-11,13H2,1-3H3,(H2,19,20,22);1H. The second kappa shape index (κ2) is 11.6. The zero-order chi connectivity index (χ0) is 19.0. The van der Waals surface area contributed by atoms with Gasteiger partial charge in [0.15, 0.2) is 15.8 Å². The molecule has 0 radical (unpaired) electrons. The monoisotopic (exact) mass is 522 g/mol. The summed E-state index contributed by atoms with van der Waals surface area (Å²) in [5.41, 5.74) is 1.87. The lowest BCUT2D eigenvalue weighted by Gasteiger charge is -2.11. The van der Waals surface area contributed by atoms with Gasteiger partial charge in [0.1, 0.15) is 0 Å². The number of rotatable bonds is 8. The Morgan fingerprint density at radius 1 is 1.19 bits per heavy atom. The van der Waals surface area contributed by atoms with Crippen molar-refractivity contribution in [1.29, 1.82) is 0 Å². The molecule has 0 aliphatic heterocycles. The van der Waals surface area contributed by atoms with E-state index in [1.165, 1.54) is 11.1 Å². The first-order chi connectivity index (χ1) is 12.4. The fourth-order valence-corrected chi connectivity index (χ4v) is 4.04. The van der Waals surface area contributed by atoms with E-state index < -0.39 is 9.84 Å². The van der Waals surface area contributed by atoms with Gasteiger partial charge in [-0.3, -0.25) is 4.99 Å². The molecule has 2 aromatic rings. The first kappa shape index (κ1) is 23.8. The summed E-state index contributed by atoms with van der Waals surface area (Å²) in [5, 5.41) is 7.67.